The molecule has 0 aromatic rings. The number of aliphatic hydroxyl groups is 8. The molecule has 0 spiro atoms. The van der Waals surface area contributed by atoms with Gasteiger partial charge in [-0.05, 0) is 0 Å². The summed E-state index contributed by atoms with van der Waals surface area (Å²) in [7, 11) is 0. The van der Waals surface area contributed by atoms with Gasteiger partial charge in [-0.25, -0.2) is 0 Å². The lowest BCUT2D eigenvalue weighted by Crippen LogP contribution is -2.64. The maximum absolute atomic E-state index is 10.00. The zero-order valence-electron chi connectivity index (χ0n) is 12.0. The van der Waals surface area contributed by atoms with Gasteiger partial charge in [0.15, 0.2) is 12.6 Å². The van der Waals surface area contributed by atoms with E-state index in [0.29, 0.717) is 0 Å². The Morgan fingerprint density at radius 3 is 1.78 bits per heavy atom. The molecule has 0 aromatic heterocycles. The van der Waals surface area contributed by atoms with E-state index in [9.17, 15) is 30.6 Å². The maximum Gasteiger partial charge on any atom is 0.187 e. The van der Waals surface area contributed by atoms with E-state index in [-0.39, 0.29) is 0 Å². The molecular weight excluding hydrogens is 320 g/mol. The zero-order valence-corrected chi connectivity index (χ0v) is 12.0. The van der Waals surface area contributed by atoms with Gasteiger partial charge >= 0.3 is 0 Å². The second-order valence-corrected chi connectivity index (χ2v) is 5.53. The van der Waals surface area contributed by atoms with Crippen LogP contribution in [-0.4, -0.2) is 115 Å². The van der Waals surface area contributed by atoms with Crippen LogP contribution in [0.2, 0.25) is 0 Å². The fourth-order valence-corrected chi connectivity index (χ4v) is 2.56. The van der Waals surface area contributed by atoms with Gasteiger partial charge in [0.05, 0.1) is 13.2 Å². The van der Waals surface area contributed by atoms with Crippen LogP contribution in [0, 0.1) is 0 Å². The molecule has 0 aromatic carbocycles. The summed E-state index contributed by atoms with van der Waals surface area (Å²) in [5, 5.41) is 76.8. The van der Waals surface area contributed by atoms with E-state index in [4.69, 9.17) is 24.4 Å². The lowest BCUT2D eigenvalue weighted by Gasteiger charge is -2.45. The highest BCUT2D eigenvalue weighted by Crippen LogP contribution is 2.28. The summed E-state index contributed by atoms with van der Waals surface area (Å²) in [6.07, 6.45) is -15.7. The van der Waals surface area contributed by atoms with Crippen LogP contribution in [-0.2, 0) is 14.2 Å². The summed E-state index contributed by atoms with van der Waals surface area (Å²) in [5.41, 5.74) is 0. The molecule has 0 bridgehead atoms. The van der Waals surface area contributed by atoms with Crippen LogP contribution in [0.15, 0.2) is 0 Å². The Hall–Kier alpha value is -0.440. The molecule has 2 heterocycles. The molecule has 0 amide bonds. The summed E-state index contributed by atoms with van der Waals surface area (Å²) in [4.78, 5) is 0. The van der Waals surface area contributed by atoms with E-state index in [1.165, 1.54) is 0 Å². The number of aliphatic hydroxyl groups excluding tert-OH is 8. The predicted octanol–water partition coefficient (Wildman–Crippen LogP) is -5.40. The van der Waals surface area contributed by atoms with Gasteiger partial charge in [0.25, 0.3) is 0 Å². The molecule has 2 rings (SSSR count). The van der Waals surface area contributed by atoms with Gasteiger partial charge in [-0.1, -0.05) is 0 Å². The molecule has 2 fully saturated rings. The topological polar surface area (TPSA) is 190 Å². The number of hydrogen-bond acceptors (Lipinski definition) is 11. The molecule has 0 radical (unpaired) electrons. The molecule has 23 heavy (non-hydrogen) atoms. The van der Waals surface area contributed by atoms with Crippen LogP contribution >= 0.6 is 0 Å². The maximum atomic E-state index is 10.00. The summed E-state index contributed by atoms with van der Waals surface area (Å²) in [6.45, 7) is -1.34. The zero-order chi connectivity index (χ0) is 17.3. The first-order valence-electron chi connectivity index (χ1n) is 7.08. The van der Waals surface area contributed by atoms with E-state index in [1.54, 1.807) is 0 Å². The van der Waals surface area contributed by atoms with Crippen molar-refractivity contribution in [2.24, 2.45) is 0 Å². The fourth-order valence-electron chi connectivity index (χ4n) is 2.56. The summed E-state index contributed by atoms with van der Waals surface area (Å²) in [5.74, 6) is 0. The van der Waals surface area contributed by atoms with Gasteiger partial charge in [0.2, 0.25) is 0 Å². The molecule has 0 saturated carbocycles. The van der Waals surface area contributed by atoms with Crippen molar-refractivity contribution < 1.29 is 55.1 Å². The van der Waals surface area contributed by atoms with Crippen LogP contribution in [0.5, 0.6) is 0 Å². The summed E-state index contributed by atoms with van der Waals surface area (Å²) < 4.78 is 15.1. The Bertz CT molecular complexity index is 380. The van der Waals surface area contributed by atoms with Gasteiger partial charge in [-0.2, -0.15) is 0 Å². The summed E-state index contributed by atoms with van der Waals surface area (Å²) in [6, 6.07) is 0. The molecule has 0 unspecified atom stereocenters. The molecule has 2 aliphatic rings. The number of ether oxygens (including phenoxy) is 3. The van der Waals surface area contributed by atoms with Gasteiger partial charge in [0, 0.05) is 0 Å². The minimum Gasteiger partial charge on any atom is -0.394 e. The molecule has 11 heteroatoms. The average molecular weight is 342 g/mol. The Balaban J connectivity index is 2.11. The Labute approximate surface area is 130 Å². The molecular formula is C12H22O11. The van der Waals surface area contributed by atoms with E-state index < -0.39 is 74.6 Å². The van der Waals surface area contributed by atoms with Crippen molar-refractivity contribution in [1.82, 2.24) is 0 Å². The molecule has 10 atom stereocenters. The molecule has 11 nitrogen and oxygen atoms in total. The Morgan fingerprint density at radius 1 is 0.652 bits per heavy atom. The number of hydrogen-bond donors (Lipinski definition) is 8. The third-order valence-corrected chi connectivity index (χ3v) is 3.98. The Morgan fingerprint density at radius 2 is 1.22 bits per heavy atom. The third kappa shape index (κ3) is 3.65. The highest BCUT2D eigenvalue weighted by molar-refractivity contribution is 4.93. The van der Waals surface area contributed by atoms with E-state index in [0.717, 1.165) is 0 Å². The molecule has 8 N–H and O–H groups in total. The first-order valence-corrected chi connectivity index (χ1v) is 7.08. The van der Waals surface area contributed by atoms with Gasteiger partial charge in [0.1, 0.15) is 48.8 Å². The Kier molecular flexibility index (Phi) is 6.27. The lowest BCUT2D eigenvalue weighted by atomic mass is 9.97. The van der Waals surface area contributed by atoms with Crippen molar-refractivity contribution in [1.29, 1.82) is 0 Å². The number of rotatable bonds is 4. The standard InChI is InChI=1S/C12H22O11/c13-1-3-5(15)7(17)8(18)12(22-3)23-10-6(16)4(2-14)21-11(20)9(10)19/h3-20H,1-2H2/t3-,4+,5-,6-,7+,8-,9+,10-,11+,12-/m1/s1. The first-order chi connectivity index (χ1) is 10.8. The van der Waals surface area contributed by atoms with Crippen LogP contribution in [0.4, 0.5) is 0 Å². The van der Waals surface area contributed by atoms with Crippen molar-refractivity contribution in [2.45, 2.75) is 61.4 Å². The SMILES string of the molecule is OC[C@@H]1O[C@H](O)[C@@H](O)[C@H](O[C@H]2O[C@H](CO)[C@@H](O)[C@H](O)[C@H]2O)[C@@H]1O. The minimum absolute atomic E-state index is 0.667. The fraction of sp³-hybridized carbons (Fsp3) is 1.00. The largest absolute Gasteiger partial charge is 0.394 e. The van der Waals surface area contributed by atoms with Crippen molar-refractivity contribution in [2.75, 3.05) is 13.2 Å². The normalized spacial score (nSPS) is 51.7. The van der Waals surface area contributed by atoms with Crippen molar-refractivity contribution in [3.05, 3.63) is 0 Å². The van der Waals surface area contributed by atoms with Crippen molar-refractivity contribution >= 4 is 0 Å². The second-order valence-electron chi connectivity index (χ2n) is 5.53. The molecule has 2 saturated heterocycles. The first kappa shape index (κ1) is 18.9. The molecule has 2 aliphatic heterocycles. The van der Waals surface area contributed by atoms with E-state index >= 15 is 0 Å². The lowest BCUT2D eigenvalue weighted by molar-refractivity contribution is -0.355. The second kappa shape index (κ2) is 7.63. The van der Waals surface area contributed by atoms with Gasteiger partial charge in [-0.3, -0.25) is 0 Å². The molecule has 0 aliphatic carbocycles. The monoisotopic (exact) mass is 342 g/mol. The van der Waals surface area contributed by atoms with E-state index in [1.807, 2.05) is 0 Å². The molecule has 136 valence electrons. The van der Waals surface area contributed by atoms with Crippen LogP contribution < -0.4 is 0 Å². The third-order valence-electron chi connectivity index (χ3n) is 3.98. The highest BCUT2D eigenvalue weighted by atomic mass is 16.7. The van der Waals surface area contributed by atoms with Crippen LogP contribution in [0.25, 0.3) is 0 Å². The predicted molar refractivity (Wildman–Crippen MR) is 68.6 cm³/mol. The quantitative estimate of drug-likeness (QED) is 0.243. The van der Waals surface area contributed by atoms with Crippen molar-refractivity contribution in [3.63, 3.8) is 0 Å². The van der Waals surface area contributed by atoms with Gasteiger partial charge in [-0.15, -0.1) is 0 Å². The van der Waals surface area contributed by atoms with Crippen molar-refractivity contribution in [3.8, 4) is 0 Å². The highest BCUT2D eigenvalue weighted by Gasteiger charge is 2.50. The van der Waals surface area contributed by atoms with Crippen LogP contribution in [0.3, 0.4) is 0 Å². The summed E-state index contributed by atoms with van der Waals surface area (Å²) >= 11 is 0. The minimum atomic E-state index is -1.76. The van der Waals surface area contributed by atoms with Gasteiger partial charge < -0.3 is 55.1 Å². The van der Waals surface area contributed by atoms with Crippen LogP contribution in [0.1, 0.15) is 0 Å². The smallest absolute Gasteiger partial charge is 0.187 e. The average Bonchev–Trinajstić information content (AvgIpc) is 2.54. The van der Waals surface area contributed by atoms with E-state index in [2.05, 4.69) is 0 Å².